The molecule has 0 saturated heterocycles. The Morgan fingerprint density at radius 1 is 1.60 bits per heavy atom. The van der Waals surface area contributed by atoms with Crippen LogP contribution < -0.4 is 0 Å². The van der Waals surface area contributed by atoms with Gasteiger partial charge in [0.1, 0.15) is 0 Å². The van der Waals surface area contributed by atoms with Gasteiger partial charge >= 0.3 is 0 Å². The number of rotatable bonds is 2. The summed E-state index contributed by atoms with van der Waals surface area (Å²) in [6.07, 6.45) is 3.83. The van der Waals surface area contributed by atoms with Gasteiger partial charge in [-0.1, -0.05) is 25.0 Å². The third-order valence-corrected chi connectivity index (χ3v) is 3.09. The van der Waals surface area contributed by atoms with Crippen LogP contribution in [0.5, 0.6) is 0 Å². The van der Waals surface area contributed by atoms with E-state index < -0.39 is 9.84 Å². The molecular formula is C7H12O2S. The molecule has 58 valence electrons. The zero-order chi connectivity index (χ0) is 7.61. The van der Waals surface area contributed by atoms with Crippen LogP contribution in [0.25, 0.3) is 0 Å². The molecule has 0 spiro atoms. The smallest absolute Gasteiger partial charge is 0.157 e. The van der Waals surface area contributed by atoms with Gasteiger partial charge in [-0.25, -0.2) is 8.42 Å². The summed E-state index contributed by atoms with van der Waals surface area (Å²) in [5.41, 5.74) is 1.10. The Labute approximate surface area is 61.9 Å². The molecule has 10 heavy (non-hydrogen) atoms. The molecule has 0 aromatic rings. The van der Waals surface area contributed by atoms with Gasteiger partial charge in [-0.3, -0.25) is 0 Å². The van der Waals surface area contributed by atoms with E-state index in [0.29, 0.717) is 5.75 Å². The SMILES string of the molecule is CCCC1=CCS(=O)(=O)C1. The normalized spacial score (nSPS) is 22.7. The molecule has 0 unspecified atom stereocenters. The molecule has 0 aromatic carbocycles. The standard InChI is InChI=1S/C7H12O2S/c1-2-3-7-4-5-10(8,9)6-7/h4H,2-3,5-6H2,1H3. The first-order valence-corrected chi connectivity index (χ1v) is 5.34. The molecule has 1 aliphatic heterocycles. The highest BCUT2D eigenvalue weighted by Crippen LogP contribution is 2.15. The maximum atomic E-state index is 10.9. The lowest BCUT2D eigenvalue weighted by molar-refractivity contribution is 0.602. The number of hydrogen-bond donors (Lipinski definition) is 0. The van der Waals surface area contributed by atoms with Crippen molar-refractivity contribution < 1.29 is 8.42 Å². The molecule has 0 radical (unpaired) electrons. The zero-order valence-corrected chi connectivity index (χ0v) is 6.95. The van der Waals surface area contributed by atoms with Gasteiger partial charge in [0.25, 0.3) is 0 Å². The van der Waals surface area contributed by atoms with E-state index in [0.717, 1.165) is 18.4 Å². The van der Waals surface area contributed by atoms with E-state index in [1.54, 1.807) is 0 Å². The molecule has 0 bridgehead atoms. The minimum atomic E-state index is -2.71. The van der Waals surface area contributed by atoms with E-state index in [2.05, 4.69) is 6.92 Å². The topological polar surface area (TPSA) is 34.1 Å². The zero-order valence-electron chi connectivity index (χ0n) is 6.13. The van der Waals surface area contributed by atoms with Gasteiger partial charge in [0.2, 0.25) is 0 Å². The average Bonchev–Trinajstić information content (AvgIpc) is 2.12. The predicted octanol–water partition coefficient (Wildman–Crippen LogP) is 1.14. The Kier molecular flexibility index (Phi) is 2.14. The molecule has 0 amide bonds. The van der Waals surface area contributed by atoms with Gasteiger partial charge in [0.15, 0.2) is 9.84 Å². The van der Waals surface area contributed by atoms with Crippen molar-refractivity contribution in [3.8, 4) is 0 Å². The molecule has 1 rings (SSSR count). The summed E-state index contributed by atoms with van der Waals surface area (Å²) in [4.78, 5) is 0. The first-order valence-electron chi connectivity index (χ1n) is 3.52. The summed E-state index contributed by atoms with van der Waals surface area (Å²) in [5.74, 6) is 0.573. The van der Waals surface area contributed by atoms with Crippen LogP contribution in [0.1, 0.15) is 19.8 Å². The van der Waals surface area contributed by atoms with E-state index in [9.17, 15) is 8.42 Å². The fourth-order valence-corrected chi connectivity index (χ4v) is 2.58. The van der Waals surface area contributed by atoms with Gasteiger partial charge in [0, 0.05) is 0 Å². The molecule has 0 atom stereocenters. The minimum absolute atomic E-state index is 0.266. The van der Waals surface area contributed by atoms with Crippen molar-refractivity contribution in [1.29, 1.82) is 0 Å². The van der Waals surface area contributed by atoms with E-state index in [1.807, 2.05) is 6.08 Å². The molecule has 2 nitrogen and oxygen atoms in total. The second-order valence-corrected chi connectivity index (χ2v) is 4.78. The van der Waals surface area contributed by atoms with Crippen molar-refractivity contribution >= 4 is 9.84 Å². The maximum Gasteiger partial charge on any atom is 0.157 e. The molecule has 0 N–H and O–H groups in total. The summed E-state index contributed by atoms with van der Waals surface area (Å²) in [6.45, 7) is 2.06. The highest BCUT2D eigenvalue weighted by molar-refractivity contribution is 7.92. The van der Waals surface area contributed by atoms with Crippen LogP contribution in [0.15, 0.2) is 11.6 Å². The highest BCUT2D eigenvalue weighted by atomic mass is 32.2. The quantitative estimate of drug-likeness (QED) is 0.568. The van der Waals surface area contributed by atoms with Crippen molar-refractivity contribution in [2.75, 3.05) is 11.5 Å². The van der Waals surface area contributed by atoms with Crippen LogP contribution in [0.3, 0.4) is 0 Å². The molecule has 0 fully saturated rings. The van der Waals surface area contributed by atoms with Gasteiger partial charge < -0.3 is 0 Å². The lowest BCUT2D eigenvalue weighted by Crippen LogP contribution is -2.02. The van der Waals surface area contributed by atoms with E-state index in [-0.39, 0.29) is 5.75 Å². The van der Waals surface area contributed by atoms with Crippen LogP contribution in [-0.2, 0) is 9.84 Å². The maximum absolute atomic E-state index is 10.9. The fourth-order valence-electron chi connectivity index (χ4n) is 1.14. The third kappa shape index (κ3) is 1.84. The van der Waals surface area contributed by atoms with Crippen molar-refractivity contribution in [3.63, 3.8) is 0 Å². The molecule has 0 saturated carbocycles. The van der Waals surface area contributed by atoms with Crippen LogP contribution in [-0.4, -0.2) is 19.9 Å². The Balaban J connectivity index is 2.55. The van der Waals surface area contributed by atoms with E-state index >= 15 is 0 Å². The largest absolute Gasteiger partial charge is 0.228 e. The molecule has 1 heterocycles. The van der Waals surface area contributed by atoms with Crippen molar-refractivity contribution in [3.05, 3.63) is 11.6 Å². The van der Waals surface area contributed by atoms with Crippen molar-refractivity contribution in [2.24, 2.45) is 0 Å². The molecule has 0 aromatic heterocycles. The average molecular weight is 160 g/mol. The first-order chi connectivity index (χ1) is 4.64. The Morgan fingerprint density at radius 3 is 2.70 bits per heavy atom. The molecule has 1 aliphatic rings. The summed E-state index contributed by atoms with van der Waals surface area (Å²) in [7, 11) is -2.71. The third-order valence-electron chi connectivity index (χ3n) is 1.60. The van der Waals surface area contributed by atoms with Crippen molar-refractivity contribution in [2.45, 2.75) is 19.8 Å². The monoisotopic (exact) mass is 160 g/mol. The summed E-state index contributed by atoms with van der Waals surface area (Å²) in [5, 5.41) is 0. The van der Waals surface area contributed by atoms with E-state index in [4.69, 9.17) is 0 Å². The molecule has 3 heteroatoms. The fraction of sp³-hybridized carbons (Fsp3) is 0.714. The van der Waals surface area contributed by atoms with Gasteiger partial charge in [-0.2, -0.15) is 0 Å². The lowest BCUT2D eigenvalue weighted by atomic mass is 10.2. The van der Waals surface area contributed by atoms with Crippen LogP contribution in [0.4, 0.5) is 0 Å². The van der Waals surface area contributed by atoms with Crippen molar-refractivity contribution in [1.82, 2.24) is 0 Å². The van der Waals surface area contributed by atoms with Gasteiger partial charge in [0.05, 0.1) is 11.5 Å². The lowest BCUT2D eigenvalue weighted by Gasteiger charge is -1.94. The second kappa shape index (κ2) is 2.74. The first kappa shape index (κ1) is 7.79. The van der Waals surface area contributed by atoms with Crippen LogP contribution in [0, 0.1) is 0 Å². The number of sulfone groups is 1. The Bertz CT molecular complexity index is 236. The number of hydrogen-bond acceptors (Lipinski definition) is 2. The highest BCUT2D eigenvalue weighted by Gasteiger charge is 2.18. The van der Waals surface area contributed by atoms with Crippen LogP contribution in [0.2, 0.25) is 0 Å². The van der Waals surface area contributed by atoms with Gasteiger partial charge in [-0.15, -0.1) is 0 Å². The Hall–Kier alpha value is -0.310. The van der Waals surface area contributed by atoms with E-state index in [1.165, 1.54) is 0 Å². The van der Waals surface area contributed by atoms with Crippen LogP contribution >= 0.6 is 0 Å². The minimum Gasteiger partial charge on any atom is -0.228 e. The predicted molar refractivity (Wildman–Crippen MR) is 41.6 cm³/mol. The summed E-state index contributed by atoms with van der Waals surface area (Å²) >= 11 is 0. The summed E-state index contributed by atoms with van der Waals surface area (Å²) in [6, 6.07) is 0. The van der Waals surface area contributed by atoms with Gasteiger partial charge in [-0.05, 0) is 6.42 Å². The Morgan fingerprint density at radius 2 is 2.30 bits per heavy atom. The molecular weight excluding hydrogens is 148 g/mol. The summed E-state index contributed by atoms with van der Waals surface area (Å²) < 4.78 is 21.7. The molecule has 0 aliphatic carbocycles. The second-order valence-electron chi connectivity index (χ2n) is 2.67.